The largest absolute Gasteiger partial charge is 0.484 e. The van der Waals surface area contributed by atoms with Crippen LogP contribution in [0.15, 0.2) is 70.0 Å². The first-order valence-electron chi connectivity index (χ1n) is 11.3. The molecule has 1 amide bonds. The van der Waals surface area contributed by atoms with Crippen LogP contribution in [-0.4, -0.2) is 27.5 Å². The van der Waals surface area contributed by atoms with E-state index in [1.807, 2.05) is 50.2 Å². The number of para-hydroxylation sites is 1. The minimum atomic E-state index is -3.67. The lowest BCUT2D eigenvalue weighted by Crippen LogP contribution is -2.29. The third-order valence-electron chi connectivity index (χ3n) is 5.92. The molecule has 4 rings (SSSR count). The van der Waals surface area contributed by atoms with Gasteiger partial charge in [-0.1, -0.05) is 48.0 Å². The molecule has 8 heteroatoms. The van der Waals surface area contributed by atoms with Gasteiger partial charge in [-0.15, -0.1) is 0 Å². The summed E-state index contributed by atoms with van der Waals surface area (Å²) >= 11 is 3.52. The van der Waals surface area contributed by atoms with E-state index in [9.17, 15) is 13.2 Å². The van der Waals surface area contributed by atoms with Crippen molar-refractivity contribution in [2.24, 2.45) is 0 Å². The zero-order chi connectivity index (χ0) is 24.3. The van der Waals surface area contributed by atoms with Gasteiger partial charge < -0.3 is 10.1 Å². The quantitative estimate of drug-likeness (QED) is 0.416. The maximum Gasteiger partial charge on any atom is 0.264 e. The van der Waals surface area contributed by atoms with Crippen LogP contribution in [0.3, 0.4) is 0 Å². The van der Waals surface area contributed by atoms with Gasteiger partial charge in [-0.05, 0) is 78.4 Å². The van der Waals surface area contributed by atoms with Crippen LogP contribution in [0, 0.1) is 0 Å². The summed E-state index contributed by atoms with van der Waals surface area (Å²) in [5.74, 6) is 0.162. The highest BCUT2D eigenvalue weighted by Crippen LogP contribution is 2.33. The van der Waals surface area contributed by atoms with Crippen molar-refractivity contribution in [3.8, 4) is 5.75 Å². The topological polar surface area (TPSA) is 75.7 Å². The standard InChI is InChI=1S/C26H27BrN2O4S/c1-3-18-15-21(27)16-19(4-2)26(18)28-25(30)17-33-22-9-11-23(12-10-22)34(31,32)29-14-13-20-7-5-6-8-24(20)29/h5-12,15-16H,3-4,13-14,17H2,1-2H3,(H,28,30). The van der Waals surface area contributed by atoms with Gasteiger partial charge >= 0.3 is 0 Å². The van der Waals surface area contributed by atoms with Gasteiger partial charge in [-0.2, -0.15) is 0 Å². The average molecular weight is 543 g/mol. The van der Waals surface area contributed by atoms with Crippen LogP contribution in [-0.2, 0) is 34.1 Å². The fourth-order valence-corrected chi connectivity index (χ4v) is 6.22. The summed E-state index contributed by atoms with van der Waals surface area (Å²) in [6, 6.07) is 17.7. The van der Waals surface area contributed by atoms with Gasteiger partial charge in [0.2, 0.25) is 0 Å². The lowest BCUT2D eigenvalue weighted by Gasteiger charge is -2.19. The number of ether oxygens (including phenoxy) is 1. The summed E-state index contributed by atoms with van der Waals surface area (Å²) in [6.07, 6.45) is 2.28. The van der Waals surface area contributed by atoms with E-state index in [0.29, 0.717) is 18.7 Å². The number of sulfonamides is 1. The number of hydrogen-bond donors (Lipinski definition) is 1. The van der Waals surface area contributed by atoms with Crippen molar-refractivity contribution in [1.29, 1.82) is 0 Å². The number of carbonyl (C=O) groups is 1. The fraction of sp³-hybridized carbons (Fsp3) is 0.269. The van der Waals surface area contributed by atoms with Crippen molar-refractivity contribution in [2.45, 2.75) is 38.0 Å². The molecule has 34 heavy (non-hydrogen) atoms. The summed E-state index contributed by atoms with van der Waals surface area (Å²) in [5.41, 5.74) is 4.69. The smallest absolute Gasteiger partial charge is 0.264 e. The van der Waals surface area contributed by atoms with Gasteiger partial charge in [-0.3, -0.25) is 9.10 Å². The molecule has 0 atom stereocenters. The zero-order valence-corrected chi connectivity index (χ0v) is 21.6. The normalized spacial score (nSPS) is 13.0. The first kappa shape index (κ1) is 24.3. The molecule has 1 heterocycles. The van der Waals surface area contributed by atoms with Crippen molar-refractivity contribution in [1.82, 2.24) is 0 Å². The van der Waals surface area contributed by atoms with Crippen molar-refractivity contribution in [2.75, 3.05) is 22.8 Å². The van der Waals surface area contributed by atoms with Gasteiger partial charge in [0.15, 0.2) is 6.61 Å². The Labute approximate surface area is 209 Å². The maximum absolute atomic E-state index is 13.1. The maximum atomic E-state index is 13.1. The van der Waals surface area contributed by atoms with E-state index >= 15 is 0 Å². The van der Waals surface area contributed by atoms with E-state index in [0.717, 1.165) is 45.4 Å². The number of anilines is 2. The molecule has 0 unspecified atom stereocenters. The molecular formula is C26H27BrN2O4S. The van der Waals surface area contributed by atoms with Crippen LogP contribution in [0.1, 0.15) is 30.5 Å². The van der Waals surface area contributed by atoms with Crippen LogP contribution in [0.5, 0.6) is 5.75 Å². The molecular weight excluding hydrogens is 516 g/mol. The fourth-order valence-electron chi connectivity index (χ4n) is 4.16. The third kappa shape index (κ3) is 4.98. The molecule has 0 aromatic heterocycles. The minimum Gasteiger partial charge on any atom is -0.484 e. The number of hydrogen-bond acceptors (Lipinski definition) is 4. The Morgan fingerprint density at radius 3 is 2.32 bits per heavy atom. The van der Waals surface area contributed by atoms with Crippen LogP contribution in [0.25, 0.3) is 0 Å². The molecule has 0 aliphatic carbocycles. The highest BCUT2D eigenvalue weighted by molar-refractivity contribution is 9.10. The second-order valence-corrected chi connectivity index (χ2v) is 10.8. The summed E-state index contributed by atoms with van der Waals surface area (Å²) in [4.78, 5) is 12.8. The van der Waals surface area contributed by atoms with E-state index in [4.69, 9.17) is 4.74 Å². The minimum absolute atomic E-state index is 0.173. The molecule has 1 aliphatic heterocycles. The van der Waals surface area contributed by atoms with Gasteiger partial charge in [0, 0.05) is 16.7 Å². The van der Waals surface area contributed by atoms with Crippen LogP contribution in [0.2, 0.25) is 0 Å². The first-order chi connectivity index (χ1) is 16.3. The van der Waals surface area contributed by atoms with E-state index in [1.54, 1.807) is 12.1 Å². The van der Waals surface area contributed by atoms with Crippen molar-refractivity contribution < 1.29 is 17.9 Å². The van der Waals surface area contributed by atoms with Crippen LogP contribution >= 0.6 is 15.9 Å². The number of amides is 1. The van der Waals surface area contributed by atoms with Crippen LogP contribution in [0.4, 0.5) is 11.4 Å². The number of nitrogens with one attached hydrogen (secondary N) is 1. The number of benzene rings is 3. The molecule has 0 saturated carbocycles. The molecule has 1 aliphatic rings. The molecule has 3 aromatic rings. The molecule has 6 nitrogen and oxygen atoms in total. The van der Waals surface area contributed by atoms with Gasteiger partial charge in [0.1, 0.15) is 5.75 Å². The van der Waals surface area contributed by atoms with E-state index < -0.39 is 10.0 Å². The number of fused-ring (bicyclic) bond motifs is 1. The summed E-state index contributed by atoms with van der Waals surface area (Å²) < 4.78 is 34.3. The molecule has 0 spiro atoms. The second-order valence-electron chi connectivity index (χ2n) is 8.07. The molecule has 1 N–H and O–H groups in total. The van der Waals surface area contributed by atoms with E-state index in [-0.39, 0.29) is 17.4 Å². The zero-order valence-electron chi connectivity index (χ0n) is 19.2. The van der Waals surface area contributed by atoms with E-state index in [2.05, 4.69) is 21.2 Å². The predicted molar refractivity (Wildman–Crippen MR) is 138 cm³/mol. The van der Waals surface area contributed by atoms with Crippen molar-refractivity contribution >= 4 is 43.2 Å². The Morgan fingerprint density at radius 2 is 1.68 bits per heavy atom. The third-order valence-corrected chi connectivity index (χ3v) is 8.20. The summed E-state index contributed by atoms with van der Waals surface area (Å²) in [5, 5.41) is 2.97. The Morgan fingerprint density at radius 1 is 1.03 bits per heavy atom. The highest BCUT2D eigenvalue weighted by Gasteiger charge is 2.30. The number of rotatable bonds is 8. The van der Waals surface area contributed by atoms with Gasteiger partial charge in [-0.25, -0.2) is 8.42 Å². The monoisotopic (exact) mass is 542 g/mol. The Balaban J connectivity index is 1.42. The lowest BCUT2D eigenvalue weighted by atomic mass is 10.0. The Kier molecular flexibility index (Phi) is 7.28. The van der Waals surface area contributed by atoms with Crippen molar-refractivity contribution in [3.05, 3.63) is 81.8 Å². The van der Waals surface area contributed by atoms with Gasteiger partial charge in [0.25, 0.3) is 15.9 Å². The molecule has 0 bridgehead atoms. The van der Waals surface area contributed by atoms with Gasteiger partial charge in [0.05, 0.1) is 10.6 Å². The first-order valence-corrected chi connectivity index (χ1v) is 13.5. The predicted octanol–water partition coefficient (Wildman–Crippen LogP) is 5.34. The molecule has 0 radical (unpaired) electrons. The number of carbonyl (C=O) groups excluding carboxylic acids is 1. The molecule has 0 fully saturated rings. The molecule has 3 aromatic carbocycles. The van der Waals surface area contributed by atoms with Crippen molar-refractivity contribution in [3.63, 3.8) is 0 Å². The number of halogens is 1. The number of nitrogens with zero attached hydrogens (tertiary/aromatic N) is 1. The average Bonchev–Trinajstić information content (AvgIpc) is 3.29. The van der Waals surface area contributed by atoms with Crippen LogP contribution < -0.4 is 14.4 Å². The summed E-state index contributed by atoms with van der Waals surface area (Å²) in [6.45, 7) is 4.34. The Bertz CT molecular complexity index is 1280. The SMILES string of the molecule is CCc1cc(Br)cc(CC)c1NC(=O)COc1ccc(S(=O)(=O)N2CCc3ccccc32)cc1. The second kappa shape index (κ2) is 10.2. The molecule has 0 saturated heterocycles. The summed E-state index contributed by atoms with van der Waals surface area (Å²) in [7, 11) is -3.67. The lowest BCUT2D eigenvalue weighted by molar-refractivity contribution is -0.118. The molecule has 178 valence electrons. The number of aryl methyl sites for hydroxylation is 2. The highest BCUT2D eigenvalue weighted by atomic mass is 79.9. The van der Waals surface area contributed by atoms with E-state index in [1.165, 1.54) is 16.4 Å². The Hall–Kier alpha value is -2.84.